The van der Waals surface area contributed by atoms with Gasteiger partial charge in [0, 0.05) is 12.1 Å². The minimum absolute atomic E-state index is 0.0530. The summed E-state index contributed by atoms with van der Waals surface area (Å²) >= 11 is 0. The summed E-state index contributed by atoms with van der Waals surface area (Å²) in [5, 5.41) is 2.06. The highest BCUT2D eigenvalue weighted by molar-refractivity contribution is 6.23. The number of benzene rings is 1. The molecule has 1 aliphatic rings. The van der Waals surface area contributed by atoms with Gasteiger partial charge in [0.25, 0.3) is 23.8 Å². The zero-order chi connectivity index (χ0) is 19.0. The van der Waals surface area contributed by atoms with E-state index in [2.05, 4.69) is 5.32 Å². The molecule has 0 aliphatic carbocycles. The summed E-state index contributed by atoms with van der Waals surface area (Å²) < 4.78 is 35.7. The molecule has 0 spiro atoms. The normalized spacial score (nSPS) is 12.9. The number of nitrogens with one attached hydrogen (secondary N) is 1. The number of alkyl halides is 2. The lowest BCUT2D eigenvalue weighted by atomic mass is 10.1. The highest BCUT2D eigenvalue weighted by atomic mass is 19.3. The molecular formula is C16H13F2N3O5. The number of amides is 2. The van der Waals surface area contributed by atoms with E-state index < -0.39 is 30.4 Å². The Labute approximate surface area is 145 Å². The number of anilines is 1. The fourth-order valence-corrected chi connectivity index (χ4v) is 2.61. The third kappa shape index (κ3) is 2.85. The third-order valence-corrected chi connectivity index (χ3v) is 3.72. The van der Waals surface area contributed by atoms with Gasteiger partial charge in [0.2, 0.25) is 0 Å². The van der Waals surface area contributed by atoms with Crippen LogP contribution in [0.4, 0.5) is 14.6 Å². The van der Waals surface area contributed by atoms with Gasteiger partial charge in [-0.25, -0.2) is 8.78 Å². The number of halogens is 2. The molecule has 0 unspecified atom stereocenters. The lowest BCUT2D eigenvalue weighted by molar-refractivity contribution is 0.0804. The van der Waals surface area contributed by atoms with E-state index in [4.69, 9.17) is 15.2 Å². The van der Waals surface area contributed by atoms with Crippen LogP contribution in [0.2, 0.25) is 0 Å². The van der Waals surface area contributed by atoms with Gasteiger partial charge in [0.15, 0.2) is 11.5 Å². The zero-order valence-electron chi connectivity index (χ0n) is 13.4. The quantitative estimate of drug-likeness (QED) is 0.763. The first-order chi connectivity index (χ1) is 12.3. The summed E-state index contributed by atoms with van der Waals surface area (Å²) in [7, 11) is 1.30. The lowest BCUT2D eigenvalue weighted by Gasteiger charge is -2.15. The van der Waals surface area contributed by atoms with Crippen LogP contribution in [0.25, 0.3) is 5.69 Å². The molecule has 0 radical (unpaired) electrons. The average Bonchev–Trinajstić information content (AvgIpc) is 2.87. The predicted octanol–water partition coefficient (Wildman–Crippen LogP) is 0.956. The van der Waals surface area contributed by atoms with Crippen LogP contribution in [0.5, 0.6) is 11.5 Å². The van der Waals surface area contributed by atoms with Crippen LogP contribution in [0.15, 0.2) is 29.1 Å². The summed E-state index contributed by atoms with van der Waals surface area (Å²) in [5.74, 6) is -1.48. The second-order valence-corrected chi connectivity index (χ2v) is 5.31. The molecule has 2 amide bonds. The van der Waals surface area contributed by atoms with Crippen molar-refractivity contribution in [1.82, 2.24) is 9.88 Å². The molecule has 2 aromatic rings. The van der Waals surface area contributed by atoms with Gasteiger partial charge in [-0.3, -0.25) is 24.3 Å². The molecule has 10 heteroatoms. The Morgan fingerprint density at radius 1 is 1.15 bits per heavy atom. The number of fused-ring (bicyclic) bond motifs is 1. The van der Waals surface area contributed by atoms with Crippen molar-refractivity contribution in [2.45, 2.75) is 6.43 Å². The summed E-state index contributed by atoms with van der Waals surface area (Å²) in [6.07, 6.45) is -2.66. The number of hydrogen-bond acceptors (Lipinski definition) is 6. The Balaban J connectivity index is 2.10. The maximum absolute atomic E-state index is 12.4. The lowest BCUT2D eigenvalue weighted by Crippen LogP contribution is -2.24. The van der Waals surface area contributed by atoms with Crippen LogP contribution >= 0.6 is 0 Å². The van der Waals surface area contributed by atoms with Crippen molar-refractivity contribution in [3.63, 3.8) is 0 Å². The molecular weight excluding hydrogens is 352 g/mol. The molecule has 3 rings (SSSR count). The molecule has 26 heavy (non-hydrogen) atoms. The molecule has 0 saturated carbocycles. The van der Waals surface area contributed by atoms with E-state index >= 15 is 0 Å². The van der Waals surface area contributed by atoms with Crippen molar-refractivity contribution < 1.29 is 27.8 Å². The van der Waals surface area contributed by atoms with Gasteiger partial charge in [-0.1, -0.05) is 0 Å². The maximum Gasteiger partial charge on any atom is 0.272 e. The van der Waals surface area contributed by atoms with Gasteiger partial charge < -0.3 is 15.2 Å². The number of pyridine rings is 1. The van der Waals surface area contributed by atoms with Crippen LogP contribution in [-0.2, 0) is 0 Å². The van der Waals surface area contributed by atoms with Crippen molar-refractivity contribution in [2.24, 2.45) is 0 Å². The highest BCUT2D eigenvalue weighted by Gasteiger charge is 2.32. The van der Waals surface area contributed by atoms with E-state index in [9.17, 15) is 23.2 Å². The SMILES string of the molecule is COc1cc(-n2c(N)c3c(cc2=O)C(=O)NC3=O)ccc1OCC(F)F. The molecule has 0 fully saturated rings. The van der Waals surface area contributed by atoms with Crippen LogP contribution in [-0.4, -0.2) is 36.5 Å². The summed E-state index contributed by atoms with van der Waals surface area (Å²) in [6.45, 7) is -0.821. The number of ether oxygens (including phenoxy) is 2. The molecule has 136 valence electrons. The molecule has 1 aromatic carbocycles. The number of nitrogens with zero attached hydrogens (tertiary/aromatic N) is 1. The Bertz CT molecular complexity index is 971. The highest BCUT2D eigenvalue weighted by Crippen LogP contribution is 2.31. The van der Waals surface area contributed by atoms with Gasteiger partial charge in [0.1, 0.15) is 12.4 Å². The second-order valence-electron chi connectivity index (χ2n) is 5.31. The molecule has 0 saturated heterocycles. The number of carbonyl (C=O) groups excluding carboxylic acids is 2. The predicted molar refractivity (Wildman–Crippen MR) is 86.3 cm³/mol. The second kappa shape index (κ2) is 6.47. The molecule has 0 atom stereocenters. The fourth-order valence-electron chi connectivity index (χ4n) is 2.61. The van der Waals surface area contributed by atoms with Crippen LogP contribution in [0.3, 0.4) is 0 Å². The monoisotopic (exact) mass is 365 g/mol. The fraction of sp³-hybridized carbons (Fsp3) is 0.188. The number of carbonyl (C=O) groups is 2. The van der Waals surface area contributed by atoms with Crippen molar-refractivity contribution in [2.75, 3.05) is 19.5 Å². The van der Waals surface area contributed by atoms with Crippen LogP contribution < -0.4 is 26.1 Å². The third-order valence-electron chi connectivity index (χ3n) is 3.72. The summed E-state index contributed by atoms with van der Waals surface area (Å²) in [4.78, 5) is 35.9. The van der Waals surface area contributed by atoms with E-state index in [0.29, 0.717) is 0 Å². The van der Waals surface area contributed by atoms with E-state index in [1.54, 1.807) is 0 Å². The maximum atomic E-state index is 12.4. The van der Waals surface area contributed by atoms with E-state index in [-0.39, 0.29) is 34.1 Å². The Hall–Kier alpha value is -3.43. The molecule has 1 aromatic heterocycles. The van der Waals surface area contributed by atoms with Gasteiger partial charge in [-0.2, -0.15) is 0 Å². The minimum atomic E-state index is -2.66. The van der Waals surface area contributed by atoms with E-state index in [1.807, 2.05) is 0 Å². The number of imide groups is 1. The Morgan fingerprint density at radius 3 is 2.54 bits per heavy atom. The minimum Gasteiger partial charge on any atom is -0.493 e. The van der Waals surface area contributed by atoms with Gasteiger partial charge >= 0.3 is 0 Å². The van der Waals surface area contributed by atoms with Crippen molar-refractivity contribution >= 4 is 17.6 Å². The molecule has 3 N–H and O–H groups in total. The molecule has 8 nitrogen and oxygen atoms in total. The number of methoxy groups -OCH3 is 1. The van der Waals surface area contributed by atoms with Gasteiger partial charge in [-0.05, 0) is 12.1 Å². The summed E-state index contributed by atoms with van der Waals surface area (Å²) in [5.41, 5.74) is 5.29. The molecule has 1 aliphatic heterocycles. The average molecular weight is 365 g/mol. The Morgan fingerprint density at radius 2 is 1.88 bits per heavy atom. The van der Waals surface area contributed by atoms with Crippen molar-refractivity contribution in [1.29, 1.82) is 0 Å². The zero-order valence-corrected chi connectivity index (χ0v) is 13.4. The number of rotatable bonds is 5. The largest absolute Gasteiger partial charge is 0.493 e. The van der Waals surface area contributed by atoms with Crippen molar-refractivity contribution in [3.8, 4) is 17.2 Å². The number of aromatic nitrogens is 1. The topological polar surface area (TPSA) is 113 Å². The number of nitrogens with two attached hydrogens (primary N) is 1. The standard InChI is InChI=1S/C16H13F2N3O5/c1-25-10-4-7(2-3-9(10)26-6-11(17)18)21-12(22)5-8-13(14(21)19)16(24)20-15(8)23/h2-5,11H,6,19H2,1H3,(H,20,23,24). The smallest absolute Gasteiger partial charge is 0.272 e. The van der Waals surface area contributed by atoms with Gasteiger partial charge in [-0.15, -0.1) is 0 Å². The van der Waals surface area contributed by atoms with Gasteiger partial charge in [0.05, 0.1) is 23.9 Å². The van der Waals surface area contributed by atoms with Crippen LogP contribution in [0, 0.1) is 0 Å². The van der Waals surface area contributed by atoms with Crippen molar-refractivity contribution in [3.05, 3.63) is 45.7 Å². The van der Waals surface area contributed by atoms with E-state index in [1.165, 1.54) is 25.3 Å². The van der Waals surface area contributed by atoms with Crippen LogP contribution in [0.1, 0.15) is 20.7 Å². The molecule has 2 heterocycles. The summed E-state index contributed by atoms with van der Waals surface area (Å²) in [6, 6.07) is 5.07. The first kappa shape index (κ1) is 17.4. The number of hydrogen-bond donors (Lipinski definition) is 2. The van der Waals surface area contributed by atoms with E-state index in [0.717, 1.165) is 10.6 Å². The first-order valence-electron chi connectivity index (χ1n) is 7.34. The first-order valence-corrected chi connectivity index (χ1v) is 7.34. The Kier molecular flexibility index (Phi) is 4.33. The number of nitrogen functional groups attached to an aromatic ring is 1. The molecule has 0 bridgehead atoms.